The second-order valence-electron chi connectivity index (χ2n) is 8.53. The highest BCUT2D eigenvalue weighted by Gasteiger charge is 2.41. The molecule has 1 N–H and O–H groups in total. The molecule has 6 nitrogen and oxygen atoms in total. The molecule has 5 rings (SSSR count). The van der Waals surface area contributed by atoms with Gasteiger partial charge in [-0.25, -0.2) is 0 Å². The molecule has 28 heavy (non-hydrogen) atoms. The first-order valence-corrected chi connectivity index (χ1v) is 10.3. The van der Waals surface area contributed by atoms with Crippen LogP contribution in [0.25, 0.3) is 0 Å². The van der Waals surface area contributed by atoms with E-state index in [9.17, 15) is 4.79 Å². The van der Waals surface area contributed by atoms with E-state index in [1.54, 1.807) is 0 Å². The summed E-state index contributed by atoms with van der Waals surface area (Å²) in [5.74, 6) is 2.28. The largest absolute Gasteiger partial charge is 0.486 e. The van der Waals surface area contributed by atoms with Crippen molar-refractivity contribution in [3.05, 3.63) is 47.3 Å². The molecular formula is C22H27N3O3. The van der Waals surface area contributed by atoms with E-state index < -0.39 is 0 Å². The van der Waals surface area contributed by atoms with E-state index in [2.05, 4.69) is 28.7 Å². The van der Waals surface area contributed by atoms with E-state index in [1.165, 1.54) is 5.56 Å². The third-order valence-corrected chi connectivity index (χ3v) is 6.52. The molecule has 0 saturated heterocycles. The third kappa shape index (κ3) is 3.30. The minimum absolute atomic E-state index is 0.0399. The van der Waals surface area contributed by atoms with Gasteiger partial charge in [-0.15, -0.1) is 0 Å². The highest BCUT2D eigenvalue weighted by atomic mass is 16.5. The van der Waals surface area contributed by atoms with Gasteiger partial charge in [0.2, 0.25) is 0 Å². The molecule has 2 saturated carbocycles. The molecule has 2 aromatic rings. The van der Waals surface area contributed by atoms with Crippen molar-refractivity contribution in [2.24, 2.45) is 0 Å². The van der Waals surface area contributed by atoms with Gasteiger partial charge < -0.3 is 19.5 Å². The van der Waals surface area contributed by atoms with Gasteiger partial charge >= 0.3 is 0 Å². The Kier molecular flexibility index (Phi) is 4.38. The fraction of sp³-hybridized carbons (Fsp3) is 0.545. The molecule has 3 aliphatic rings. The van der Waals surface area contributed by atoms with Gasteiger partial charge in [0.05, 0.1) is 0 Å². The highest BCUT2D eigenvalue weighted by molar-refractivity contribution is 5.92. The number of fused-ring (bicyclic) bond motifs is 1. The molecular weight excluding hydrogens is 354 g/mol. The Morgan fingerprint density at radius 1 is 1.21 bits per heavy atom. The number of benzene rings is 1. The number of carbonyl (C=O) groups is 1. The summed E-state index contributed by atoms with van der Waals surface area (Å²) in [6, 6.07) is 10.3. The van der Waals surface area contributed by atoms with Gasteiger partial charge in [0.15, 0.2) is 5.69 Å². The Morgan fingerprint density at radius 3 is 2.79 bits per heavy atom. The van der Waals surface area contributed by atoms with Crippen LogP contribution < -0.4 is 10.1 Å². The fourth-order valence-electron chi connectivity index (χ4n) is 4.54. The second kappa shape index (κ2) is 6.92. The van der Waals surface area contributed by atoms with Crippen LogP contribution in [0.4, 0.5) is 0 Å². The van der Waals surface area contributed by atoms with Crippen LogP contribution in [0.15, 0.2) is 34.9 Å². The Balaban J connectivity index is 1.24. The molecule has 0 radical (unpaired) electrons. The lowest BCUT2D eigenvalue weighted by atomic mass is 9.81. The molecule has 1 aliphatic heterocycles. The Bertz CT molecular complexity index is 865. The first-order chi connectivity index (χ1) is 13.6. The average Bonchev–Trinajstić information content (AvgIpc) is 3.48. The summed E-state index contributed by atoms with van der Waals surface area (Å²) in [7, 11) is 1.89. The van der Waals surface area contributed by atoms with Gasteiger partial charge in [-0.3, -0.25) is 4.79 Å². The maximum absolute atomic E-state index is 12.8. The number of amides is 1. The monoisotopic (exact) mass is 381 g/mol. The molecule has 0 bridgehead atoms. The van der Waals surface area contributed by atoms with Gasteiger partial charge in [-0.1, -0.05) is 23.4 Å². The van der Waals surface area contributed by atoms with Crippen LogP contribution in [0, 0.1) is 0 Å². The molecule has 2 aliphatic carbocycles. The van der Waals surface area contributed by atoms with E-state index in [4.69, 9.17) is 9.26 Å². The summed E-state index contributed by atoms with van der Waals surface area (Å²) >= 11 is 0. The molecule has 1 spiro atoms. The number of aromatic nitrogens is 1. The molecule has 1 aromatic heterocycles. The number of hydrogen-bond acceptors (Lipinski definition) is 5. The van der Waals surface area contributed by atoms with E-state index >= 15 is 0 Å². The van der Waals surface area contributed by atoms with Crippen molar-refractivity contribution in [1.29, 1.82) is 0 Å². The molecule has 2 fully saturated rings. The van der Waals surface area contributed by atoms with Gasteiger partial charge in [-0.2, -0.15) is 0 Å². The number of ether oxygens (including phenoxy) is 1. The van der Waals surface area contributed by atoms with Crippen LogP contribution in [0.2, 0.25) is 0 Å². The minimum Gasteiger partial charge on any atom is -0.486 e. The van der Waals surface area contributed by atoms with E-state index in [-0.39, 0.29) is 17.6 Å². The third-order valence-electron chi connectivity index (χ3n) is 6.52. The first kappa shape index (κ1) is 17.7. The predicted molar refractivity (Wildman–Crippen MR) is 104 cm³/mol. The molecule has 1 amide bonds. The lowest BCUT2D eigenvalue weighted by Crippen LogP contribution is -2.51. The van der Waals surface area contributed by atoms with Crippen LogP contribution in [0.5, 0.6) is 5.75 Å². The summed E-state index contributed by atoms with van der Waals surface area (Å²) in [5, 5.41) is 7.56. The molecule has 148 valence electrons. The maximum atomic E-state index is 12.8. The summed E-state index contributed by atoms with van der Waals surface area (Å²) in [5.41, 5.74) is 1.47. The number of nitrogens with one attached hydrogen (secondary N) is 1. The normalized spacial score (nSPS) is 27.0. The smallest absolute Gasteiger partial charge is 0.276 e. The number of rotatable bonds is 3. The van der Waals surface area contributed by atoms with Gasteiger partial charge in [0, 0.05) is 43.7 Å². The quantitative estimate of drug-likeness (QED) is 0.882. The number of carbonyl (C=O) groups excluding carboxylic acids is 1. The highest BCUT2D eigenvalue weighted by Crippen LogP contribution is 2.40. The van der Waals surface area contributed by atoms with Crippen molar-refractivity contribution in [3.63, 3.8) is 0 Å². The van der Waals surface area contributed by atoms with E-state index in [0.29, 0.717) is 11.6 Å². The van der Waals surface area contributed by atoms with Gasteiger partial charge in [0.1, 0.15) is 17.1 Å². The molecule has 2 heterocycles. The lowest BCUT2D eigenvalue weighted by Gasteiger charge is -2.42. The maximum Gasteiger partial charge on any atom is 0.276 e. The van der Waals surface area contributed by atoms with Crippen LogP contribution in [0.3, 0.4) is 0 Å². The Labute approximate surface area is 165 Å². The summed E-state index contributed by atoms with van der Waals surface area (Å²) in [4.78, 5) is 14.7. The van der Waals surface area contributed by atoms with E-state index in [0.717, 1.165) is 63.1 Å². The SMILES string of the molecule is CN(C(=O)c1cc(C2CC2)on1)C1CCC2(CC1)CNCc1ccccc1O2. The molecule has 6 heteroatoms. The van der Waals surface area contributed by atoms with Gasteiger partial charge in [0.25, 0.3) is 5.91 Å². The number of para-hydroxylation sites is 1. The fourth-order valence-corrected chi connectivity index (χ4v) is 4.54. The molecule has 0 unspecified atom stereocenters. The zero-order valence-electron chi connectivity index (χ0n) is 16.3. The van der Waals surface area contributed by atoms with Crippen molar-refractivity contribution in [2.45, 2.75) is 62.6 Å². The van der Waals surface area contributed by atoms with Crippen LogP contribution in [-0.4, -0.2) is 41.2 Å². The molecule has 1 aromatic carbocycles. The summed E-state index contributed by atoms with van der Waals surface area (Å²) in [6.45, 7) is 1.69. The second-order valence-corrected chi connectivity index (χ2v) is 8.53. The van der Waals surface area contributed by atoms with Gasteiger partial charge in [-0.05, 0) is 44.6 Å². The molecule has 0 atom stereocenters. The van der Waals surface area contributed by atoms with Crippen molar-refractivity contribution in [2.75, 3.05) is 13.6 Å². The predicted octanol–water partition coefficient (Wildman–Crippen LogP) is 3.49. The van der Waals surface area contributed by atoms with Crippen molar-refractivity contribution < 1.29 is 14.1 Å². The standard InChI is InChI=1S/C22H27N3O3/c1-25(21(26)18-12-20(28-24-18)15-6-7-15)17-8-10-22(11-9-17)14-23-13-16-4-2-3-5-19(16)27-22/h2-5,12,15,17,23H,6-11,13-14H2,1H3. The lowest BCUT2D eigenvalue weighted by molar-refractivity contribution is 0.00999. The number of nitrogens with zero attached hydrogens (tertiary/aromatic N) is 2. The van der Waals surface area contributed by atoms with Crippen LogP contribution in [-0.2, 0) is 6.54 Å². The Morgan fingerprint density at radius 2 is 2.00 bits per heavy atom. The summed E-state index contributed by atoms with van der Waals surface area (Å²) in [6.07, 6.45) is 6.01. The summed E-state index contributed by atoms with van der Waals surface area (Å²) < 4.78 is 11.9. The van der Waals surface area contributed by atoms with Crippen LogP contribution >= 0.6 is 0 Å². The minimum atomic E-state index is -0.181. The number of hydrogen-bond donors (Lipinski definition) is 1. The van der Waals surface area contributed by atoms with Crippen LogP contribution in [0.1, 0.15) is 66.3 Å². The topological polar surface area (TPSA) is 67.6 Å². The van der Waals surface area contributed by atoms with Crippen molar-refractivity contribution in [1.82, 2.24) is 15.4 Å². The zero-order valence-corrected chi connectivity index (χ0v) is 16.3. The zero-order chi connectivity index (χ0) is 19.1. The van der Waals surface area contributed by atoms with Crippen molar-refractivity contribution >= 4 is 5.91 Å². The Hall–Kier alpha value is -2.34. The van der Waals surface area contributed by atoms with Crippen molar-refractivity contribution in [3.8, 4) is 5.75 Å². The van der Waals surface area contributed by atoms with E-state index in [1.807, 2.05) is 24.1 Å². The average molecular weight is 381 g/mol. The first-order valence-electron chi connectivity index (χ1n) is 10.3.